The second kappa shape index (κ2) is 4.81. The van der Waals surface area contributed by atoms with Gasteiger partial charge in [-0.1, -0.05) is 6.07 Å². The van der Waals surface area contributed by atoms with Crippen LogP contribution in [0, 0.1) is 5.92 Å². The molecule has 2 aliphatic rings. The van der Waals surface area contributed by atoms with Crippen molar-refractivity contribution in [2.24, 2.45) is 5.92 Å². The molecule has 3 heteroatoms. The van der Waals surface area contributed by atoms with Gasteiger partial charge in [0.1, 0.15) is 5.78 Å². The molecule has 0 N–H and O–H groups in total. The molecular weight excluding hydrogens is 226 g/mol. The van der Waals surface area contributed by atoms with E-state index in [9.17, 15) is 4.79 Å². The number of pyridine rings is 1. The van der Waals surface area contributed by atoms with Crippen molar-refractivity contribution in [2.45, 2.75) is 44.1 Å². The first-order valence-electron chi connectivity index (χ1n) is 6.84. The zero-order chi connectivity index (χ0) is 12.4. The lowest BCUT2D eigenvalue weighted by atomic mass is 9.71. The van der Waals surface area contributed by atoms with Crippen LogP contribution in [0.2, 0.25) is 0 Å². The van der Waals surface area contributed by atoms with Crippen molar-refractivity contribution < 1.29 is 9.53 Å². The Bertz CT molecular complexity index is 425. The number of aromatic nitrogens is 1. The second-order valence-electron chi connectivity index (χ2n) is 5.54. The standard InChI is InChI=1S/C15H19NO2/c17-14(10-13-4-1-2-8-16-13)12-5-9-18-15(11-12)6-3-7-15/h1-2,4,8,12H,3,5-7,9-11H2. The van der Waals surface area contributed by atoms with E-state index in [4.69, 9.17) is 4.74 Å². The first kappa shape index (κ1) is 11.8. The molecule has 0 bridgehead atoms. The number of hydrogen-bond donors (Lipinski definition) is 0. The highest BCUT2D eigenvalue weighted by Gasteiger charge is 2.44. The lowest BCUT2D eigenvalue weighted by Gasteiger charge is -2.46. The van der Waals surface area contributed by atoms with Crippen molar-refractivity contribution in [3.8, 4) is 0 Å². The van der Waals surface area contributed by atoms with Crippen LogP contribution in [-0.2, 0) is 16.0 Å². The number of ketones is 1. The molecule has 3 nitrogen and oxygen atoms in total. The Morgan fingerprint density at radius 2 is 2.33 bits per heavy atom. The molecule has 1 aromatic heterocycles. The van der Waals surface area contributed by atoms with E-state index in [-0.39, 0.29) is 11.5 Å². The fraction of sp³-hybridized carbons (Fsp3) is 0.600. The molecule has 0 radical (unpaired) electrons. The molecule has 1 spiro atoms. The lowest BCUT2D eigenvalue weighted by molar-refractivity contribution is -0.155. The van der Waals surface area contributed by atoms with Crippen molar-refractivity contribution in [1.29, 1.82) is 0 Å². The van der Waals surface area contributed by atoms with Gasteiger partial charge in [-0.05, 0) is 44.2 Å². The summed E-state index contributed by atoms with van der Waals surface area (Å²) >= 11 is 0. The van der Waals surface area contributed by atoms with E-state index in [1.807, 2.05) is 18.2 Å². The van der Waals surface area contributed by atoms with E-state index in [2.05, 4.69) is 4.98 Å². The fourth-order valence-electron chi connectivity index (χ4n) is 3.05. The van der Waals surface area contributed by atoms with Gasteiger partial charge >= 0.3 is 0 Å². The zero-order valence-corrected chi connectivity index (χ0v) is 10.6. The Kier molecular flexibility index (Phi) is 3.16. The van der Waals surface area contributed by atoms with Gasteiger partial charge in [-0.15, -0.1) is 0 Å². The van der Waals surface area contributed by atoms with Gasteiger partial charge in [-0.2, -0.15) is 0 Å². The summed E-state index contributed by atoms with van der Waals surface area (Å²) in [5.74, 6) is 0.518. The third-order valence-electron chi connectivity index (χ3n) is 4.29. The van der Waals surface area contributed by atoms with E-state index in [1.54, 1.807) is 6.20 Å². The SMILES string of the molecule is O=C(Cc1ccccn1)C1CCOC2(CCC2)C1. The maximum absolute atomic E-state index is 12.3. The summed E-state index contributed by atoms with van der Waals surface area (Å²) in [6, 6.07) is 5.75. The van der Waals surface area contributed by atoms with Crippen molar-refractivity contribution in [3.05, 3.63) is 30.1 Å². The summed E-state index contributed by atoms with van der Waals surface area (Å²) in [5.41, 5.74) is 0.944. The predicted molar refractivity (Wildman–Crippen MR) is 68.2 cm³/mol. The van der Waals surface area contributed by atoms with Crippen molar-refractivity contribution in [2.75, 3.05) is 6.61 Å². The maximum atomic E-state index is 12.3. The van der Waals surface area contributed by atoms with Gasteiger partial charge in [0.2, 0.25) is 0 Å². The molecule has 0 amide bonds. The Balaban J connectivity index is 1.62. The minimum atomic E-state index is 0.0582. The fourth-order valence-corrected chi connectivity index (χ4v) is 3.05. The van der Waals surface area contributed by atoms with Crippen molar-refractivity contribution >= 4 is 5.78 Å². The quantitative estimate of drug-likeness (QED) is 0.821. The molecule has 3 rings (SSSR count). The van der Waals surface area contributed by atoms with Gasteiger partial charge in [0.15, 0.2) is 0 Å². The third-order valence-corrected chi connectivity index (χ3v) is 4.29. The molecule has 1 saturated heterocycles. The van der Waals surface area contributed by atoms with Crippen LogP contribution in [0.5, 0.6) is 0 Å². The molecule has 1 aromatic rings. The molecular formula is C15H19NO2. The molecule has 96 valence electrons. The van der Waals surface area contributed by atoms with Crippen LogP contribution in [0.25, 0.3) is 0 Å². The smallest absolute Gasteiger partial charge is 0.142 e. The minimum absolute atomic E-state index is 0.0582. The molecule has 1 unspecified atom stereocenters. The Morgan fingerprint density at radius 3 is 3.00 bits per heavy atom. The van der Waals surface area contributed by atoms with E-state index in [0.717, 1.165) is 38.0 Å². The molecule has 2 heterocycles. The number of carbonyl (C=O) groups excluding carboxylic acids is 1. The predicted octanol–water partition coefficient (Wildman–Crippen LogP) is 2.54. The van der Waals surface area contributed by atoms with Crippen LogP contribution in [0.1, 0.15) is 37.8 Å². The summed E-state index contributed by atoms with van der Waals surface area (Å²) in [5, 5.41) is 0. The number of rotatable bonds is 3. The minimum Gasteiger partial charge on any atom is -0.375 e. The topological polar surface area (TPSA) is 39.2 Å². The van der Waals surface area contributed by atoms with Crippen LogP contribution in [-0.4, -0.2) is 23.0 Å². The van der Waals surface area contributed by atoms with Gasteiger partial charge in [0, 0.05) is 30.8 Å². The van der Waals surface area contributed by atoms with Crippen LogP contribution in [0.3, 0.4) is 0 Å². The third kappa shape index (κ3) is 2.32. The zero-order valence-electron chi connectivity index (χ0n) is 10.6. The van der Waals surface area contributed by atoms with Gasteiger partial charge in [0.05, 0.1) is 5.60 Å². The molecule has 0 aromatic carbocycles. The summed E-state index contributed by atoms with van der Waals surface area (Å²) in [6.07, 6.45) is 7.57. The Morgan fingerprint density at radius 1 is 1.44 bits per heavy atom. The second-order valence-corrected chi connectivity index (χ2v) is 5.54. The molecule has 1 aliphatic carbocycles. The van der Waals surface area contributed by atoms with E-state index >= 15 is 0 Å². The average molecular weight is 245 g/mol. The van der Waals surface area contributed by atoms with Crippen LogP contribution in [0.4, 0.5) is 0 Å². The molecule has 1 atom stereocenters. The van der Waals surface area contributed by atoms with Gasteiger partial charge in [-0.3, -0.25) is 9.78 Å². The van der Waals surface area contributed by atoms with Crippen molar-refractivity contribution in [3.63, 3.8) is 0 Å². The summed E-state index contributed by atoms with van der Waals surface area (Å²) in [6.45, 7) is 0.749. The maximum Gasteiger partial charge on any atom is 0.142 e. The van der Waals surface area contributed by atoms with E-state index < -0.39 is 0 Å². The van der Waals surface area contributed by atoms with E-state index in [1.165, 1.54) is 6.42 Å². The van der Waals surface area contributed by atoms with Gasteiger partial charge < -0.3 is 4.74 Å². The number of carbonyl (C=O) groups is 1. The summed E-state index contributed by atoms with van der Waals surface area (Å²) in [7, 11) is 0. The molecule has 2 fully saturated rings. The van der Waals surface area contributed by atoms with Crippen molar-refractivity contribution in [1.82, 2.24) is 4.98 Å². The first-order chi connectivity index (χ1) is 8.77. The van der Waals surface area contributed by atoms with Crippen LogP contribution in [0.15, 0.2) is 24.4 Å². The number of hydrogen-bond acceptors (Lipinski definition) is 3. The van der Waals surface area contributed by atoms with Gasteiger partial charge in [-0.25, -0.2) is 0 Å². The highest BCUT2D eigenvalue weighted by molar-refractivity contribution is 5.83. The van der Waals surface area contributed by atoms with Crippen LogP contribution >= 0.6 is 0 Å². The number of ether oxygens (including phenoxy) is 1. The number of Topliss-reactive ketones (excluding diaryl/α,β-unsaturated/α-hetero) is 1. The molecule has 1 aliphatic heterocycles. The summed E-state index contributed by atoms with van der Waals surface area (Å²) < 4.78 is 5.86. The first-order valence-corrected chi connectivity index (χ1v) is 6.84. The Hall–Kier alpha value is -1.22. The lowest BCUT2D eigenvalue weighted by Crippen LogP contribution is -2.47. The normalized spacial score (nSPS) is 25.7. The van der Waals surface area contributed by atoms with Crippen LogP contribution < -0.4 is 0 Å². The Labute approximate surface area is 108 Å². The average Bonchev–Trinajstić information content (AvgIpc) is 2.38. The highest BCUT2D eigenvalue weighted by Crippen LogP contribution is 2.44. The van der Waals surface area contributed by atoms with Gasteiger partial charge in [0.25, 0.3) is 0 Å². The molecule has 18 heavy (non-hydrogen) atoms. The monoisotopic (exact) mass is 245 g/mol. The summed E-state index contributed by atoms with van der Waals surface area (Å²) in [4.78, 5) is 16.5. The van der Waals surface area contributed by atoms with E-state index in [0.29, 0.717) is 12.2 Å². The largest absolute Gasteiger partial charge is 0.375 e. The highest BCUT2D eigenvalue weighted by atomic mass is 16.5. The molecule has 1 saturated carbocycles. The number of nitrogens with zero attached hydrogens (tertiary/aromatic N) is 1.